The van der Waals surface area contributed by atoms with Crippen molar-refractivity contribution in [3.05, 3.63) is 328 Å². The standard InChI is InChI=1S/C94H54N4S4/c1-3-15-55(16-4-1)80-54-81(56-17-5-2-6-18-56)96-94(95-80)65-43-66(97-82-39-31-57(61-27-35-72-68-19-7-11-23-86(68)99-90(72)49-61)45-76(82)77-46-58(32-40-83(77)97)62-28-36-73-69-20-8-12-24-87(69)100-91(73)50-62)53-67(44-65)98-84-41-33-59(63-29-37-74-70-21-9-13-25-88(70)101-92(74)51-63)47-78(84)79-48-60(34-42-85(79)98)64-30-38-75-71-22-10-14-26-89(71)102-93(75)52-64/h1-54H. The Labute approximate surface area is 601 Å². The van der Waals surface area contributed by atoms with Crippen LogP contribution in [0.3, 0.4) is 0 Å². The fourth-order valence-electron chi connectivity index (χ4n) is 16.0. The molecule has 102 heavy (non-hydrogen) atoms. The maximum atomic E-state index is 5.59. The summed E-state index contributed by atoms with van der Waals surface area (Å²) in [6.07, 6.45) is 0. The predicted octanol–water partition coefficient (Wildman–Crippen LogP) is 27.8. The van der Waals surface area contributed by atoms with Gasteiger partial charge in [-0.15, -0.1) is 45.3 Å². The maximum Gasteiger partial charge on any atom is 0.160 e. The molecule has 0 bridgehead atoms. The van der Waals surface area contributed by atoms with E-state index in [9.17, 15) is 0 Å². The minimum Gasteiger partial charge on any atom is -0.309 e. The molecule has 0 saturated heterocycles. The normalized spacial score (nSPS) is 12.1. The highest BCUT2D eigenvalue weighted by molar-refractivity contribution is 7.27. The first-order valence-corrected chi connectivity index (χ1v) is 37.7. The Bertz CT molecular complexity index is 6500. The van der Waals surface area contributed by atoms with Crippen molar-refractivity contribution in [1.29, 1.82) is 0 Å². The molecular weight excluding hydrogens is 1310 g/mol. The van der Waals surface area contributed by atoms with Crippen LogP contribution in [0.2, 0.25) is 0 Å². The lowest BCUT2D eigenvalue weighted by atomic mass is 9.99. The molecule has 0 aliphatic carbocycles. The zero-order valence-electron chi connectivity index (χ0n) is 54.6. The second-order valence-corrected chi connectivity index (χ2v) is 31.1. The van der Waals surface area contributed by atoms with Crippen molar-refractivity contribution in [2.45, 2.75) is 0 Å². The van der Waals surface area contributed by atoms with Crippen molar-refractivity contribution in [3.63, 3.8) is 0 Å². The van der Waals surface area contributed by atoms with Crippen LogP contribution in [0, 0.1) is 0 Å². The van der Waals surface area contributed by atoms with Gasteiger partial charge < -0.3 is 9.13 Å². The molecule has 15 aromatic carbocycles. The van der Waals surface area contributed by atoms with Gasteiger partial charge in [0.1, 0.15) is 0 Å². The summed E-state index contributed by atoms with van der Waals surface area (Å²) in [4.78, 5) is 11.2. The van der Waals surface area contributed by atoms with E-state index in [1.54, 1.807) is 0 Å². The molecule has 0 N–H and O–H groups in total. The van der Waals surface area contributed by atoms with E-state index in [-0.39, 0.29) is 0 Å². The number of nitrogens with zero attached hydrogens (tertiary/aromatic N) is 4. The third-order valence-electron chi connectivity index (χ3n) is 20.9. The van der Waals surface area contributed by atoms with Crippen LogP contribution in [0.15, 0.2) is 328 Å². The van der Waals surface area contributed by atoms with Gasteiger partial charge in [-0.25, -0.2) is 9.97 Å². The highest BCUT2D eigenvalue weighted by atomic mass is 32.1. The quantitative estimate of drug-likeness (QED) is 0.144. The summed E-state index contributed by atoms with van der Waals surface area (Å²) in [5, 5.41) is 15.1. The number of aromatic nitrogens is 4. The fourth-order valence-corrected chi connectivity index (χ4v) is 20.6. The van der Waals surface area contributed by atoms with Crippen molar-refractivity contribution in [1.82, 2.24) is 19.1 Å². The van der Waals surface area contributed by atoms with Gasteiger partial charge in [-0.3, -0.25) is 0 Å². The molecule has 8 heteroatoms. The molecule has 0 atom stereocenters. The fraction of sp³-hybridized carbons (Fsp3) is 0. The third kappa shape index (κ3) is 9.24. The van der Waals surface area contributed by atoms with Gasteiger partial charge in [0.05, 0.1) is 33.5 Å². The van der Waals surface area contributed by atoms with Crippen LogP contribution in [0.5, 0.6) is 0 Å². The Hall–Kier alpha value is -12.1. The molecule has 0 spiro atoms. The summed E-state index contributed by atoms with van der Waals surface area (Å²) in [6.45, 7) is 0. The van der Waals surface area contributed by atoms with Crippen LogP contribution in [0.4, 0.5) is 0 Å². The Morgan fingerprint density at radius 1 is 0.176 bits per heavy atom. The number of hydrogen-bond donors (Lipinski definition) is 0. The molecule has 22 aromatic rings. The van der Waals surface area contributed by atoms with Crippen molar-refractivity contribution in [3.8, 4) is 89.8 Å². The lowest BCUT2D eigenvalue weighted by molar-refractivity contribution is 1.12. The smallest absolute Gasteiger partial charge is 0.160 e. The van der Waals surface area contributed by atoms with Gasteiger partial charge in [-0.1, -0.05) is 206 Å². The molecule has 7 aromatic heterocycles. The second kappa shape index (κ2) is 22.7. The largest absolute Gasteiger partial charge is 0.309 e. The molecule has 0 fully saturated rings. The van der Waals surface area contributed by atoms with E-state index in [2.05, 4.69) is 337 Å². The number of thiophene rings is 4. The second-order valence-electron chi connectivity index (χ2n) is 26.8. The third-order valence-corrected chi connectivity index (χ3v) is 25.5. The molecule has 0 amide bonds. The van der Waals surface area contributed by atoms with E-state index in [1.165, 1.54) is 147 Å². The average molecular weight is 1370 g/mol. The molecule has 0 radical (unpaired) electrons. The summed E-state index contributed by atoms with van der Waals surface area (Å²) in [6, 6.07) is 122. The topological polar surface area (TPSA) is 35.6 Å². The first-order chi connectivity index (χ1) is 50.5. The minimum absolute atomic E-state index is 0.635. The van der Waals surface area contributed by atoms with Crippen LogP contribution in [0.25, 0.3) is 214 Å². The van der Waals surface area contributed by atoms with E-state index < -0.39 is 0 Å². The van der Waals surface area contributed by atoms with Gasteiger partial charge in [0, 0.05) is 130 Å². The van der Waals surface area contributed by atoms with Crippen molar-refractivity contribution in [2.75, 3.05) is 0 Å². The van der Waals surface area contributed by atoms with E-state index in [0.29, 0.717) is 5.82 Å². The van der Waals surface area contributed by atoms with Gasteiger partial charge >= 0.3 is 0 Å². The molecule has 0 unspecified atom stereocenters. The molecular formula is C94H54N4S4. The highest BCUT2D eigenvalue weighted by Crippen LogP contribution is 2.47. The van der Waals surface area contributed by atoms with Crippen molar-refractivity contribution >= 4 is 170 Å². The van der Waals surface area contributed by atoms with Crippen LogP contribution < -0.4 is 0 Å². The van der Waals surface area contributed by atoms with Gasteiger partial charge in [0.2, 0.25) is 0 Å². The Morgan fingerprint density at radius 2 is 0.441 bits per heavy atom. The Balaban J connectivity index is 0.799. The number of benzene rings is 15. The first-order valence-electron chi connectivity index (χ1n) is 34.5. The molecule has 0 aliphatic rings. The Kier molecular flexibility index (Phi) is 12.8. The number of hydrogen-bond acceptors (Lipinski definition) is 6. The summed E-state index contributed by atoms with van der Waals surface area (Å²) in [5.41, 5.74) is 20.5. The molecule has 22 rings (SSSR count). The van der Waals surface area contributed by atoms with E-state index >= 15 is 0 Å². The minimum atomic E-state index is 0.635. The molecule has 0 saturated carbocycles. The van der Waals surface area contributed by atoms with Crippen LogP contribution in [-0.4, -0.2) is 19.1 Å². The van der Waals surface area contributed by atoms with Crippen molar-refractivity contribution < 1.29 is 0 Å². The molecule has 474 valence electrons. The van der Waals surface area contributed by atoms with E-state index in [1.807, 2.05) is 45.3 Å². The zero-order valence-corrected chi connectivity index (χ0v) is 57.9. The summed E-state index contributed by atoms with van der Waals surface area (Å²) < 4.78 is 15.3. The average Bonchev–Trinajstić information content (AvgIpc) is 1.57. The maximum absolute atomic E-state index is 5.59. The van der Waals surface area contributed by atoms with Gasteiger partial charge in [-0.2, -0.15) is 0 Å². The van der Waals surface area contributed by atoms with E-state index in [0.717, 1.165) is 61.5 Å². The monoisotopic (exact) mass is 1370 g/mol. The van der Waals surface area contributed by atoms with Gasteiger partial charge in [0.25, 0.3) is 0 Å². The molecule has 4 nitrogen and oxygen atoms in total. The first kappa shape index (κ1) is 57.7. The number of rotatable bonds is 9. The summed E-state index contributed by atoms with van der Waals surface area (Å²) in [5.74, 6) is 0.635. The van der Waals surface area contributed by atoms with Gasteiger partial charge in [-0.05, 0) is 166 Å². The molecule has 7 heterocycles. The summed E-state index contributed by atoms with van der Waals surface area (Å²) in [7, 11) is 0. The highest BCUT2D eigenvalue weighted by Gasteiger charge is 2.23. The number of fused-ring (bicyclic) bond motifs is 18. The lowest BCUT2D eigenvalue weighted by Crippen LogP contribution is -2.02. The zero-order chi connectivity index (χ0) is 66.7. The van der Waals surface area contributed by atoms with Crippen molar-refractivity contribution in [2.24, 2.45) is 0 Å². The van der Waals surface area contributed by atoms with Crippen LogP contribution in [-0.2, 0) is 0 Å². The summed E-state index contributed by atoms with van der Waals surface area (Å²) >= 11 is 7.46. The van der Waals surface area contributed by atoms with Crippen LogP contribution in [0.1, 0.15) is 0 Å². The SMILES string of the molecule is c1ccc(-c2cc(-c3ccccc3)nc(-c3cc(-n4c5ccc(-c6ccc7c(c6)sc6ccccc67)cc5c5cc(-c6ccc7c(c6)sc6ccccc67)ccc54)cc(-n4c5ccc(-c6ccc7c(c6)sc6ccccc67)cc5c5cc(-c6ccc7c(c6)sc6ccccc67)ccc54)c3)n2)cc1. The predicted molar refractivity (Wildman–Crippen MR) is 440 cm³/mol. The van der Waals surface area contributed by atoms with Crippen LogP contribution >= 0.6 is 45.3 Å². The van der Waals surface area contributed by atoms with E-state index in [4.69, 9.17) is 9.97 Å². The Morgan fingerprint density at radius 3 is 0.755 bits per heavy atom. The lowest BCUT2D eigenvalue weighted by Gasteiger charge is -2.16. The van der Waals surface area contributed by atoms with Gasteiger partial charge in [0.15, 0.2) is 5.82 Å². The molecule has 0 aliphatic heterocycles.